The van der Waals surface area contributed by atoms with Crippen LogP contribution in [0.1, 0.15) is 12.0 Å². The van der Waals surface area contributed by atoms with Crippen LogP contribution in [0.2, 0.25) is 0 Å². The van der Waals surface area contributed by atoms with Gasteiger partial charge in [0.2, 0.25) is 5.91 Å². The molecule has 1 aromatic heterocycles. The van der Waals surface area contributed by atoms with Gasteiger partial charge in [0.15, 0.2) is 0 Å². The molecule has 6 nitrogen and oxygen atoms in total. The standard InChI is InChI=1S/C26H31N5O/c1-29-17-19-30(20-18-29)16-8-15-27-25(32)14-13-23-21-31(24-11-6-3-7-12-24)28-26(23)22-9-4-2-5-10-22/h2-7,9-14,21H,8,15-20H2,1H3,(H,27,32). The largest absolute Gasteiger partial charge is 0.353 e. The smallest absolute Gasteiger partial charge is 0.244 e. The van der Waals surface area contributed by atoms with Gasteiger partial charge in [-0.3, -0.25) is 4.79 Å². The molecule has 2 aromatic carbocycles. The minimum absolute atomic E-state index is 0.0742. The highest BCUT2D eigenvalue weighted by atomic mass is 16.1. The third-order valence-corrected chi connectivity index (χ3v) is 5.77. The van der Waals surface area contributed by atoms with E-state index in [0.717, 1.165) is 61.7 Å². The number of likely N-dealkylation sites (N-methyl/N-ethyl adjacent to an activating group) is 1. The summed E-state index contributed by atoms with van der Waals surface area (Å²) in [6.07, 6.45) is 6.39. The third kappa shape index (κ3) is 5.93. The van der Waals surface area contributed by atoms with Crippen molar-refractivity contribution in [2.24, 2.45) is 0 Å². The summed E-state index contributed by atoms with van der Waals surface area (Å²) < 4.78 is 1.86. The fourth-order valence-corrected chi connectivity index (χ4v) is 3.85. The molecule has 0 saturated carbocycles. The fourth-order valence-electron chi connectivity index (χ4n) is 3.85. The number of hydrogen-bond donors (Lipinski definition) is 1. The van der Waals surface area contributed by atoms with Crippen LogP contribution in [-0.2, 0) is 4.79 Å². The number of carbonyl (C=O) groups excluding carboxylic acids is 1. The van der Waals surface area contributed by atoms with Crippen molar-refractivity contribution in [1.82, 2.24) is 24.9 Å². The van der Waals surface area contributed by atoms with Crippen LogP contribution in [0.4, 0.5) is 0 Å². The minimum Gasteiger partial charge on any atom is -0.353 e. The zero-order valence-corrected chi connectivity index (χ0v) is 18.7. The highest BCUT2D eigenvalue weighted by molar-refractivity contribution is 5.92. The molecule has 1 saturated heterocycles. The summed E-state index contributed by atoms with van der Waals surface area (Å²) >= 11 is 0. The molecule has 0 unspecified atom stereocenters. The molecule has 1 fully saturated rings. The van der Waals surface area contributed by atoms with Crippen molar-refractivity contribution in [2.75, 3.05) is 46.3 Å². The Morgan fingerprint density at radius 2 is 1.69 bits per heavy atom. The normalized spacial score (nSPS) is 15.3. The van der Waals surface area contributed by atoms with E-state index in [4.69, 9.17) is 5.10 Å². The van der Waals surface area contributed by atoms with E-state index >= 15 is 0 Å². The first-order valence-electron chi connectivity index (χ1n) is 11.3. The van der Waals surface area contributed by atoms with Gasteiger partial charge in [-0.15, -0.1) is 0 Å². The summed E-state index contributed by atoms with van der Waals surface area (Å²) in [5.74, 6) is -0.0742. The summed E-state index contributed by atoms with van der Waals surface area (Å²) in [7, 11) is 2.16. The maximum Gasteiger partial charge on any atom is 0.244 e. The summed E-state index contributed by atoms with van der Waals surface area (Å²) in [4.78, 5) is 17.2. The quantitative estimate of drug-likeness (QED) is 0.441. The second kappa shape index (κ2) is 10.9. The predicted molar refractivity (Wildman–Crippen MR) is 130 cm³/mol. The second-order valence-corrected chi connectivity index (χ2v) is 8.20. The molecule has 1 aliphatic heterocycles. The van der Waals surface area contributed by atoms with E-state index in [1.807, 2.05) is 77.6 Å². The van der Waals surface area contributed by atoms with Gasteiger partial charge in [0.25, 0.3) is 0 Å². The van der Waals surface area contributed by atoms with Crippen molar-refractivity contribution >= 4 is 12.0 Å². The number of hydrogen-bond acceptors (Lipinski definition) is 4. The number of rotatable bonds is 8. The van der Waals surface area contributed by atoms with Crippen LogP contribution in [-0.4, -0.2) is 71.8 Å². The molecule has 0 atom stereocenters. The lowest BCUT2D eigenvalue weighted by molar-refractivity contribution is -0.116. The molecule has 32 heavy (non-hydrogen) atoms. The van der Waals surface area contributed by atoms with Crippen molar-refractivity contribution < 1.29 is 4.79 Å². The van der Waals surface area contributed by atoms with E-state index in [0.29, 0.717) is 6.54 Å². The molecule has 0 radical (unpaired) electrons. The van der Waals surface area contributed by atoms with Crippen LogP contribution in [0.3, 0.4) is 0 Å². The molecule has 0 bridgehead atoms. The molecule has 6 heteroatoms. The van der Waals surface area contributed by atoms with Gasteiger partial charge in [0.1, 0.15) is 0 Å². The van der Waals surface area contributed by atoms with Gasteiger partial charge in [-0.1, -0.05) is 48.5 Å². The Balaban J connectivity index is 1.38. The number of piperazine rings is 1. The van der Waals surface area contributed by atoms with Gasteiger partial charge in [-0.2, -0.15) is 5.10 Å². The Labute approximate surface area is 190 Å². The van der Waals surface area contributed by atoms with E-state index in [1.165, 1.54) is 0 Å². The Morgan fingerprint density at radius 1 is 1.00 bits per heavy atom. The van der Waals surface area contributed by atoms with Crippen LogP contribution in [0, 0.1) is 0 Å². The number of nitrogens with zero attached hydrogens (tertiary/aromatic N) is 4. The molecule has 1 amide bonds. The Kier molecular flexibility index (Phi) is 7.48. The number of nitrogens with one attached hydrogen (secondary N) is 1. The predicted octanol–water partition coefficient (Wildman–Crippen LogP) is 3.31. The fraction of sp³-hybridized carbons (Fsp3) is 0.308. The molecular formula is C26H31N5O. The molecule has 166 valence electrons. The summed E-state index contributed by atoms with van der Waals surface area (Å²) in [5.41, 5.74) is 3.77. The molecule has 3 aromatic rings. The van der Waals surface area contributed by atoms with Crippen molar-refractivity contribution in [3.63, 3.8) is 0 Å². The maximum absolute atomic E-state index is 12.4. The average Bonchev–Trinajstić information content (AvgIpc) is 3.27. The summed E-state index contributed by atoms with van der Waals surface area (Å²) in [5, 5.41) is 7.79. The summed E-state index contributed by atoms with van der Waals surface area (Å²) in [6, 6.07) is 20.1. The maximum atomic E-state index is 12.4. The molecule has 4 rings (SSSR count). The van der Waals surface area contributed by atoms with Crippen molar-refractivity contribution in [2.45, 2.75) is 6.42 Å². The van der Waals surface area contributed by atoms with Gasteiger partial charge in [0, 0.05) is 56.1 Å². The van der Waals surface area contributed by atoms with Crippen LogP contribution in [0.25, 0.3) is 23.0 Å². The first-order chi connectivity index (χ1) is 15.7. The van der Waals surface area contributed by atoms with E-state index in [2.05, 4.69) is 22.2 Å². The van der Waals surface area contributed by atoms with Crippen molar-refractivity contribution in [3.8, 4) is 16.9 Å². The van der Waals surface area contributed by atoms with Gasteiger partial charge < -0.3 is 15.1 Å². The van der Waals surface area contributed by atoms with Gasteiger partial charge in [-0.25, -0.2) is 4.68 Å². The van der Waals surface area contributed by atoms with Gasteiger partial charge in [0.05, 0.1) is 11.4 Å². The number of amides is 1. The van der Waals surface area contributed by atoms with Crippen molar-refractivity contribution in [3.05, 3.63) is 78.5 Å². The van der Waals surface area contributed by atoms with Crippen molar-refractivity contribution in [1.29, 1.82) is 0 Å². The SMILES string of the molecule is CN1CCN(CCCNC(=O)C=Cc2cn(-c3ccccc3)nc2-c2ccccc2)CC1. The van der Waals surface area contributed by atoms with E-state index in [1.54, 1.807) is 6.08 Å². The highest BCUT2D eigenvalue weighted by Crippen LogP contribution is 2.24. The Hall–Kier alpha value is -3.22. The number of carbonyl (C=O) groups is 1. The zero-order chi connectivity index (χ0) is 22.2. The molecular weight excluding hydrogens is 398 g/mol. The molecule has 0 aliphatic carbocycles. The van der Waals surface area contributed by atoms with E-state index in [9.17, 15) is 4.79 Å². The lowest BCUT2D eigenvalue weighted by atomic mass is 10.1. The van der Waals surface area contributed by atoms with Crippen LogP contribution >= 0.6 is 0 Å². The molecule has 1 aliphatic rings. The highest BCUT2D eigenvalue weighted by Gasteiger charge is 2.13. The monoisotopic (exact) mass is 429 g/mol. The van der Waals surface area contributed by atoms with Gasteiger partial charge in [-0.05, 0) is 38.2 Å². The van der Waals surface area contributed by atoms with E-state index in [-0.39, 0.29) is 5.91 Å². The van der Waals surface area contributed by atoms with Crippen LogP contribution in [0.5, 0.6) is 0 Å². The first-order valence-corrected chi connectivity index (χ1v) is 11.3. The number of benzene rings is 2. The van der Waals surface area contributed by atoms with Gasteiger partial charge >= 0.3 is 0 Å². The summed E-state index contributed by atoms with van der Waals surface area (Å²) in [6.45, 7) is 6.17. The zero-order valence-electron chi connectivity index (χ0n) is 18.7. The van der Waals surface area contributed by atoms with Crippen LogP contribution < -0.4 is 5.32 Å². The molecule has 1 N–H and O–H groups in total. The minimum atomic E-state index is -0.0742. The topological polar surface area (TPSA) is 53.4 Å². The van der Waals surface area contributed by atoms with E-state index < -0.39 is 0 Å². The second-order valence-electron chi connectivity index (χ2n) is 8.20. The third-order valence-electron chi connectivity index (χ3n) is 5.77. The molecule has 0 spiro atoms. The Bertz CT molecular complexity index is 1020. The first kappa shape index (κ1) is 22.0. The Morgan fingerprint density at radius 3 is 2.41 bits per heavy atom. The van der Waals surface area contributed by atoms with Crippen LogP contribution in [0.15, 0.2) is 72.9 Å². The lowest BCUT2D eigenvalue weighted by Gasteiger charge is -2.32. The lowest BCUT2D eigenvalue weighted by Crippen LogP contribution is -2.45. The molecule has 2 heterocycles. The number of para-hydroxylation sites is 1. The number of aromatic nitrogens is 2. The average molecular weight is 430 g/mol.